The minimum absolute atomic E-state index is 0.119. The predicted octanol–water partition coefficient (Wildman–Crippen LogP) is 1.64. The Balaban J connectivity index is 2.12. The fourth-order valence-electron chi connectivity index (χ4n) is 1.48. The molecule has 6 heteroatoms. The zero-order valence-corrected chi connectivity index (χ0v) is 9.84. The molecule has 0 saturated heterocycles. The Bertz CT molecular complexity index is 554. The van der Waals surface area contributed by atoms with Crippen LogP contribution >= 0.6 is 0 Å². The first-order valence-electron chi connectivity index (χ1n) is 5.51. The summed E-state index contributed by atoms with van der Waals surface area (Å²) in [6, 6.07) is 6.38. The largest absolute Gasteiger partial charge is 0.461 e. The van der Waals surface area contributed by atoms with Crippen LogP contribution in [0.2, 0.25) is 0 Å². The van der Waals surface area contributed by atoms with E-state index in [0.29, 0.717) is 5.56 Å². The van der Waals surface area contributed by atoms with E-state index in [9.17, 15) is 9.18 Å². The molecule has 0 atom stereocenters. The van der Waals surface area contributed by atoms with E-state index in [1.165, 1.54) is 16.9 Å². The quantitative estimate of drug-likeness (QED) is 0.773. The molecule has 2 aromatic rings. The molecular formula is C12H12FN3O2. The van der Waals surface area contributed by atoms with Gasteiger partial charge in [0.1, 0.15) is 5.82 Å². The fraction of sp³-hybridized carbons (Fsp3) is 0.250. The van der Waals surface area contributed by atoms with Crippen LogP contribution in [0, 0.1) is 5.82 Å². The number of carbonyl (C=O) groups is 1. The highest BCUT2D eigenvalue weighted by atomic mass is 19.1. The lowest BCUT2D eigenvalue weighted by Crippen LogP contribution is -2.05. The first-order chi connectivity index (χ1) is 8.70. The number of hydrogen-bond donors (Lipinski definition) is 0. The predicted molar refractivity (Wildman–Crippen MR) is 61.5 cm³/mol. The van der Waals surface area contributed by atoms with Crippen molar-refractivity contribution in [1.82, 2.24) is 15.0 Å². The average molecular weight is 249 g/mol. The van der Waals surface area contributed by atoms with Gasteiger partial charge in [-0.1, -0.05) is 23.4 Å². The lowest BCUT2D eigenvalue weighted by molar-refractivity contribution is 0.0519. The number of benzene rings is 1. The van der Waals surface area contributed by atoms with Gasteiger partial charge in [-0.15, -0.1) is 5.10 Å². The molecule has 0 fully saturated rings. The summed E-state index contributed by atoms with van der Waals surface area (Å²) < 4.78 is 19.6. The third kappa shape index (κ3) is 2.71. The Morgan fingerprint density at radius 2 is 2.22 bits per heavy atom. The van der Waals surface area contributed by atoms with E-state index in [2.05, 4.69) is 10.3 Å². The molecule has 0 bridgehead atoms. The summed E-state index contributed by atoms with van der Waals surface area (Å²) in [6.45, 7) is 2.21. The number of ether oxygens (including phenoxy) is 1. The van der Waals surface area contributed by atoms with Gasteiger partial charge >= 0.3 is 5.97 Å². The highest BCUT2D eigenvalue weighted by Gasteiger charge is 2.12. The van der Waals surface area contributed by atoms with Crippen molar-refractivity contribution < 1.29 is 13.9 Å². The number of carbonyl (C=O) groups excluding carboxylic acids is 1. The van der Waals surface area contributed by atoms with Crippen molar-refractivity contribution in [1.29, 1.82) is 0 Å². The van der Waals surface area contributed by atoms with Crippen LogP contribution in [0.4, 0.5) is 4.39 Å². The summed E-state index contributed by atoms with van der Waals surface area (Å²) in [5.41, 5.74) is 0.603. The lowest BCUT2D eigenvalue weighted by atomic mass is 10.2. The van der Waals surface area contributed by atoms with E-state index in [1.54, 1.807) is 25.1 Å². The average Bonchev–Trinajstić information content (AvgIpc) is 2.81. The van der Waals surface area contributed by atoms with Crippen LogP contribution in [-0.4, -0.2) is 27.6 Å². The van der Waals surface area contributed by atoms with Crippen molar-refractivity contribution in [2.75, 3.05) is 6.61 Å². The van der Waals surface area contributed by atoms with E-state index in [-0.39, 0.29) is 24.7 Å². The molecule has 0 unspecified atom stereocenters. The number of halogens is 1. The first kappa shape index (κ1) is 12.2. The van der Waals surface area contributed by atoms with Crippen molar-refractivity contribution in [2.24, 2.45) is 0 Å². The standard InChI is InChI=1S/C12H12FN3O2/c1-2-18-12(17)11-8-16(15-14-11)7-9-5-3-4-6-10(9)13/h3-6,8H,2,7H2,1H3. The topological polar surface area (TPSA) is 57.0 Å². The summed E-state index contributed by atoms with van der Waals surface area (Å²) in [5, 5.41) is 7.43. The van der Waals surface area contributed by atoms with Gasteiger partial charge in [0, 0.05) is 5.56 Å². The van der Waals surface area contributed by atoms with Crippen LogP contribution in [0.25, 0.3) is 0 Å². The summed E-state index contributed by atoms with van der Waals surface area (Å²) in [6.07, 6.45) is 1.43. The summed E-state index contributed by atoms with van der Waals surface area (Å²) in [7, 11) is 0. The van der Waals surface area contributed by atoms with Gasteiger partial charge in [0.25, 0.3) is 0 Å². The minimum Gasteiger partial charge on any atom is -0.461 e. The molecule has 0 aliphatic carbocycles. The van der Waals surface area contributed by atoms with Crippen molar-refractivity contribution in [3.8, 4) is 0 Å². The van der Waals surface area contributed by atoms with Gasteiger partial charge in [-0.25, -0.2) is 13.9 Å². The van der Waals surface area contributed by atoms with Crippen LogP contribution in [-0.2, 0) is 11.3 Å². The molecule has 1 aromatic carbocycles. The molecule has 0 aliphatic heterocycles. The Morgan fingerprint density at radius 3 is 2.94 bits per heavy atom. The van der Waals surface area contributed by atoms with Crippen molar-refractivity contribution in [2.45, 2.75) is 13.5 Å². The van der Waals surface area contributed by atoms with Crippen LogP contribution in [0.15, 0.2) is 30.5 Å². The minimum atomic E-state index is -0.530. The number of rotatable bonds is 4. The summed E-state index contributed by atoms with van der Waals surface area (Å²) >= 11 is 0. The number of hydrogen-bond acceptors (Lipinski definition) is 4. The molecule has 2 rings (SSSR count). The molecule has 0 N–H and O–H groups in total. The Hall–Kier alpha value is -2.24. The number of nitrogens with zero attached hydrogens (tertiary/aromatic N) is 3. The normalized spacial score (nSPS) is 10.3. The van der Waals surface area contributed by atoms with Crippen molar-refractivity contribution in [3.63, 3.8) is 0 Å². The molecule has 0 spiro atoms. The van der Waals surface area contributed by atoms with E-state index in [4.69, 9.17) is 4.74 Å². The SMILES string of the molecule is CCOC(=O)c1cn(Cc2ccccc2F)nn1. The molecular weight excluding hydrogens is 237 g/mol. The second kappa shape index (κ2) is 5.39. The Kier molecular flexibility index (Phi) is 3.66. The van der Waals surface area contributed by atoms with E-state index in [1.807, 2.05) is 0 Å². The highest BCUT2D eigenvalue weighted by molar-refractivity contribution is 5.86. The third-order valence-corrected chi connectivity index (χ3v) is 2.31. The van der Waals surface area contributed by atoms with Crippen LogP contribution in [0.5, 0.6) is 0 Å². The lowest BCUT2D eigenvalue weighted by Gasteiger charge is -2.01. The second-order valence-corrected chi connectivity index (χ2v) is 3.61. The molecule has 0 saturated carbocycles. The summed E-state index contributed by atoms with van der Waals surface area (Å²) in [5.74, 6) is -0.844. The maximum Gasteiger partial charge on any atom is 0.360 e. The molecule has 5 nitrogen and oxygen atoms in total. The number of aromatic nitrogens is 3. The van der Waals surface area contributed by atoms with E-state index >= 15 is 0 Å². The molecule has 1 heterocycles. The Labute approximate surface area is 103 Å². The monoisotopic (exact) mass is 249 g/mol. The maximum atomic E-state index is 13.4. The third-order valence-electron chi connectivity index (χ3n) is 2.31. The summed E-state index contributed by atoms with van der Waals surface area (Å²) in [4.78, 5) is 11.4. The molecule has 18 heavy (non-hydrogen) atoms. The van der Waals surface area contributed by atoms with Gasteiger partial charge in [0.15, 0.2) is 5.69 Å². The van der Waals surface area contributed by atoms with Crippen LogP contribution < -0.4 is 0 Å². The zero-order valence-electron chi connectivity index (χ0n) is 9.84. The van der Waals surface area contributed by atoms with Crippen LogP contribution in [0.3, 0.4) is 0 Å². The van der Waals surface area contributed by atoms with Gasteiger partial charge in [-0.05, 0) is 13.0 Å². The van der Waals surface area contributed by atoms with Gasteiger partial charge in [0.2, 0.25) is 0 Å². The highest BCUT2D eigenvalue weighted by Crippen LogP contribution is 2.08. The fourth-order valence-corrected chi connectivity index (χ4v) is 1.48. The van der Waals surface area contributed by atoms with Gasteiger partial charge in [-0.2, -0.15) is 0 Å². The molecule has 0 aliphatic rings. The molecule has 94 valence electrons. The van der Waals surface area contributed by atoms with E-state index in [0.717, 1.165) is 0 Å². The smallest absolute Gasteiger partial charge is 0.360 e. The van der Waals surface area contributed by atoms with E-state index < -0.39 is 5.97 Å². The van der Waals surface area contributed by atoms with Gasteiger partial charge in [0.05, 0.1) is 19.3 Å². The molecule has 0 amide bonds. The van der Waals surface area contributed by atoms with Crippen molar-refractivity contribution >= 4 is 5.97 Å². The molecule has 1 aromatic heterocycles. The van der Waals surface area contributed by atoms with Gasteiger partial charge < -0.3 is 4.74 Å². The van der Waals surface area contributed by atoms with Crippen LogP contribution in [0.1, 0.15) is 23.0 Å². The zero-order chi connectivity index (χ0) is 13.0. The number of esters is 1. The molecule has 0 radical (unpaired) electrons. The second-order valence-electron chi connectivity index (χ2n) is 3.61. The Morgan fingerprint density at radius 1 is 1.44 bits per heavy atom. The maximum absolute atomic E-state index is 13.4. The van der Waals surface area contributed by atoms with Gasteiger partial charge in [-0.3, -0.25) is 0 Å². The van der Waals surface area contributed by atoms with Crippen molar-refractivity contribution in [3.05, 3.63) is 47.5 Å². The first-order valence-corrected chi connectivity index (χ1v) is 5.51.